The molecular weight excluding hydrogens is 278 g/mol. The molecule has 6 heteroatoms. The van der Waals surface area contributed by atoms with Gasteiger partial charge in [0.1, 0.15) is 5.75 Å². The molecule has 6 nitrogen and oxygen atoms in total. The molecule has 2 aromatic heterocycles. The monoisotopic (exact) mass is 295 g/mol. The van der Waals surface area contributed by atoms with E-state index in [2.05, 4.69) is 26.5 Å². The summed E-state index contributed by atoms with van der Waals surface area (Å²) in [4.78, 5) is 2.34. The van der Waals surface area contributed by atoms with Crippen molar-refractivity contribution in [3.05, 3.63) is 42.6 Å². The Morgan fingerprint density at radius 1 is 1.05 bits per heavy atom. The molecule has 2 N–H and O–H groups in total. The molecule has 0 aliphatic carbocycles. The average Bonchev–Trinajstić information content (AvgIpc) is 2.99. The molecule has 1 fully saturated rings. The molecule has 1 saturated heterocycles. The van der Waals surface area contributed by atoms with Crippen molar-refractivity contribution in [1.29, 1.82) is 0 Å². The molecule has 1 aliphatic rings. The lowest BCUT2D eigenvalue weighted by molar-refractivity contribution is 0.477. The molecule has 0 atom stereocenters. The molecule has 0 bridgehead atoms. The van der Waals surface area contributed by atoms with E-state index in [1.165, 1.54) is 0 Å². The molecule has 1 aliphatic heterocycles. The molecule has 112 valence electrons. The number of benzene rings is 1. The largest absolute Gasteiger partial charge is 0.507 e. The molecule has 0 radical (unpaired) electrons. The lowest BCUT2D eigenvalue weighted by Crippen LogP contribution is -2.43. The number of aromatic hydroxyl groups is 1. The molecular formula is C16H17N5O. The number of para-hydroxylation sites is 1. The molecule has 22 heavy (non-hydrogen) atoms. The Bertz CT molecular complexity index is 807. The van der Waals surface area contributed by atoms with Crippen LogP contribution in [0.4, 0.5) is 5.69 Å². The molecule has 4 rings (SSSR count). The smallest absolute Gasteiger partial charge is 0.172 e. The summed E-state index contributed by atoms with van der Waals surface area (Å²) >= 11 is 0. The van der Waals surface area contributed by atoms with Gasteiger partial charge in [-0.05, 0) is 18.2 Å². The Labute approximate surface area is 128 Å². The number of hydrogen-bond donors (Lipinski definition) is 2. The van der Waals surface area contributed by atoms with Crippen LogP contribution < -0.4 is 10.2 Å². The highest BCUT2D eigenvalue weighted by Gasteiger charge is 2.14. The average molecular weight is 295 g/mol. The minimum atomic E-state index is 0.211. The number of nitrogens with zero attached hydrogens (tertiary/aromatic N) is 4. The van der Waals surface area contributed by atoms with Crippen molar-refractivity contribution in [3.63, 3.8) is 0 Å². The Morgan fingerprint density at radius 3 is 2.68 bits per heavy atom. The van der Waals surface area contributed by atoms with Gasteiger partial charge in [-0.15, -0.1) is 10.2 Å². The highest BCUT2D eigenvalue weighted by molar-refractivity contribution is 5.67. The summed E-state index contributed by atoms with van der Waals surface area (Å²) in [5, 5.41) is 21.8. The van der Waals surface area contributed by atoms with Gasteiger partial charge in [-0.1, -0.05) is 12.1 Å². The van der Waals surface area contributed by atoms with Crippen LogP contribution in [0.5, 0.6) is 5.75 Å². The first-order valence-electron chi connectivity index (χ1n) is 7.42. The molecule has 0 unspecified atom stereocenters. The normalized spacial score (nSPS) is 15.4. The number of phenolic OH excluding ortho intramolecular Hbond substituents is 1. The Hall–Kier alpha value is -2.60. The van der Waals surface area contributed by atoms with Crippen molar-refractivity contribution in [2.24, 2.45) is 0 Å². The third kappa shape index (κ3) is 2.17. The van der Waals surface area contributed by atoms with Gasteiger partial charge >= 0.3 is 0 Å². The zero-order chi connectivity index (χ0) is 14.9. The van der Waals surface area contributed by atoms with Gasteiger partial charge in [0.25, 0.3) is 0 Å². The fourth-order valence-corrected chi connectivity index (χ4v) is 2.85. The lowest BCUT2D eigenvalue weighted by atomic mass is 10.2. The second kappa shape index (κ2) is 5.31. The minimum Gasteiger partial charge on any atom is -0.507 e. The Morgan fingerprint density at radius 2 is 1.86 bits per heavy atom. The number of phenols is 1. The van der Waals surface area contributed by atoms with Crippen molar-refractivity contribution in [2.45, 2.75) is 0 Å². The molecule has 3 heterocycles. The Balaban J connectivity index is 1.76. The fraction of sp³-hybridized carbons (Fsp3) is 0.250. The molecule has 0 saturated carbocycles. The van der Waals surface area contributed by atoms with Crippen LogP contribution >= 0.6 is 0 Å². The quantitative estimate of drug-likeness (QED) is 0.750. The fourth-order valence-electron chi connectivity index (χ4n) is 2.85. The molecule has 0 amide bonds. The zero-order valence-electron chi connectivity index (χ0n) is 12.1. The summed E-state index contributed by atoms with van der Waals surface area (Å²) in [5.41, 5.74) is 2.63. The Kier molecular flexibility index (Phi) is 3.16. The SMILES string of the molecule is Oc1ccccc1-c1nnc2cc(N3CCNCC3)ccn12. The van der Waals surface area contributed by atoms with Gasteiger partial charge in [-0.2, -0.15) is 0 Å². The van der Waals surface area contributed by atoms with Crippen molar-refractivity contribution < 1.29 is 5.11 Å². The van der Waals surface area contributed by atoms with E-state index in [4.69, 9.17) is 0 Å². The van der Waals surface area contributed by atoms with Crippen LogP contribution in [0.25, 0.3) is 17.0 Å². The highest BCUT2D eigenvalue weighted by atomic mass is 16.3. The number of rotatable bonds is 2. The van der Waals surface area contributed by atoms with Gasteiger partial charge in [0.15, 0.2) is 11.5 Å². The van der Waals surface area contributed by atoms with Gasteiger partial charge < -0.3 is 15.3 Å². The van der Waals surface area contributed by atoms with E-state index in [0.717, 1.165) is 37.5 Å². The number of fused-ring (bicyclic) bond motifs is 1. The van der Waals surface area contributed by atoms with Crippen LogP contribution in [0, 0.1) is 0 Å². The number of hydrogen-bond acceptors (Lipinski definition) is 5. The van der Waals surface area contributed by atoms with Gasteiger partial charge in [0, 0.05) is 44.1 Å². The van der Waals surface area contributed by atoms with E-state index in [9.17, 15) is 5.11 Å². The topological polar surface area (TPSA) is 65.7 Å². The number of anilines is 1. The van der Waals surface area contributed by atoms with Gasteiger partial charge in [0.05, 0.1) is 5.56 Å². The molecule has 3 aromatic rings. The van der Waals surface area contributed by atoms with Crippen molar-refractivity contribution in [3.8, 4) is 17.1 Å². The van der Waals surface area contributed by atoms with E-state index in [-0.39, 0.29) is 5.75 Å². The molecule has 0 spiro atoms. The maximum Gasteiger partial charge on any atom is 0.172 e. The maximum atomic E-state index is 10.0. The maximum absolute atomic E-state index is 10.0. The van der Waals surface area contributed by atoms with E-state index >= 15 is 0 Å². The van der Waals surface area contributed by atoms with Crippen molar-refractivity contribution in [2.75, 3.05) is 31.1 Å². The summed E-state index contributed by atoms with van der Waals surface area (Å²) < 4.78 is 1.90. The van der Waals surface area contributed by atoms with E-state index < -0.39 is 0 Å². The van der Waals surface area contributed by atoms with Crippen LogP contribution in [0.1, 0.15) is 0 Å². The molecule has 1 aromatic carbocycles. The second-order valence-electron chi connectivity index (χ2n) is 5.39. The predicted octanol–water partition coefficient (Wildman–Crippen LogP) is 1.51. The number of piperazine rings is 1. The summed E-state index contributed by atoms with van der Waals surface area (Å²) in [6, 6.07) is 11.3. The first kappa shape index (κ1) is 13.1. The van der Waals surface area contributed by atoms with Crippen molar-refractivity contribution in [1.82, 2.24) is 19.9 Å². The summed E-state index contributed by atoms with van der Waals surface area (Å²) in [5.74, 6) is 0.864. The standard InChI is InChI=1S/C16H17N5O/c22-14-4-2-1-3-13(14)16-19-18-15-11-12(5-8-21(15)16)20-9-6-17-7-10-20/h1-5,8,11,17,22H,6-7,9-10H2. The number of aromatic nitrogens is 3. The van der Waals surface area contributed by atoms with Gasteiger partial charge in [0.2, 0.25) is 0 Å². The second-order valence-corrected chi connectivity index (χ2v) is 5.39. The van der Waals surface area contributed by atoms with E-state index in [0.29, 0.717) is 11.4 Å². The van der Waals surface area contributed by atoms with Crippen LogP contribution in [0.15, 0.2) is 42.6 Å². The van der Waals surface area contributed by atoms with E-state index in [1.807, 2.05) is 28.8 Å². The van der Waals surface area contributed by atoms with Crippen molar-refractivity contribution >= 4 is 11.3 Å². The first-order valence-corrected chi connectivity index (χ1v) is 7.42. The number of pyridine rings is 1. The lowest BCUT2D eigenvalue weighted by Gasteiger charge is -2.29. The highest BCUT2D eigenvalue weighted by Crippen LogP contribution is 2.28. The van der Waals surface area contributed by atoms with Crippen LogP contribution in [0.2, 0.25) is 0 Å². The predicted molar refractivity (Wildman–Crippen MR) is 85.2 cm³/mol. The summed E-state index contributed by atoms with van der Waals surface area (Å²) in [6.07, 6.45) is 1.97. The van der Waals surface area contributed by atoms with Crippen LogP contribution in [-0.2, 0) is 0 Å². The summed E-state index contributed by atoms with van der Waals surface area (Å²) in [7, 11) is 0. The third-order valence-electron chi connectivity index (χ3n) is 4.02. The minimum absolute atomic E-state index is 0.211. The first-order chi connectivity index (χ1) is 10.8. The van der Waals surface area contributed by atoms with Crippen LogP contribution in [0.3, 0.4) is 0 Å². The van der Waals surface area contributed by atoms with Crippen LogP contribution in [-0.4, -0.2) is 45.9 Å². The van der Waals surface area contributed by atoms with Gasteiger partial charge in [-0.3, -0.25) is 4.40 Å². The van der Waals surface area contributed by atoms with Gasteiger partial charge in [-0.25, -0.2) is 0 Å². The zero-order valence-corrected chi connectivity index (χ0v) is 12.1. The third-order valence-corrected chi connectivity index (χ3v) is 4.02. The number of nitrogens with one attached hydrogen (secondary N) is 1. The van der Waals surface area contributed by atoms with E-state index in [1.54, 1.807) is 12.1 Å². The summed E-state index contributed by atoms with van der Waals surface area (Å²) in [6.45, 7) is 4.00.